The predicted molar refractivity (Wildman–Crippen MR) is 97.1 cm³/mol. The van der Waals surface area contributed by atoms with Crippen LogP contribution in [0.25, 0.3) is 0 Å². The van der Waals surface area contributed by atoms with Gasteiger partial charge in [-0.15, -0.1) is 0 Å². The maximum absolute atomic E-state index is 12.7. The zero-order valence-electron chi connectivity index (χ0n) is 16.0. The first-order chi connectivity index (χ1) is 11.9. The molecule has 0 spiro atoms. The van der Waals surface area contributed by atoms with E-state index >= 15 is 0 Å². The van der Waals surface area contributed by atoms with Crippen LogP contribution >= 0.6 is 0 Å². The summed E-state index contributed by atoms with van der Waals surface area (Å²) >= 11 is 0. The number of hydrogen-bond donors (Lipinski definition) is 0. The Morgan fingerprint density at radius 3 is 2.72 bits per heavy atom. The molecule has 4 aliphatic rings. The number of morpholine rings is 1. The lowest BCUT2D eigenvalue weighted by atomic mass is 9.55. The second-order valence-electron chi connectivity index (χ2n) is 9.38. The third kappa shape index (κ3) is 3.16. The number of allylic oxidation sites excluding steroid dienone is 1. The molecular weight excluding hydrogens is 314 g/mol. The van der Waals surface area contributed by atoms with Crippen LogP contribution in [0.5, 0.6) is 0 Å². The number of esters is 1. The molecule has 0 aromatic heterocycles. The van der Waals surface area contributed by atoms with Gasteiger partial charge in [0.2, 0.25) is 0 Å². The van der Waals surface area contributed by atoms with Crippen molar-refractivity contribution in [2.75, 3.05) is 19.6 Å². The Morgan fingerprint density at radius 1 is 1.28 bits per heavy atom. The number of nitrogens with zero attached hydrogens (tertiary/aromatic N) is 1. The predicted octanol–water partition coefficient (Wildman–Crippen LogP) is 3.41. The van der Waals surface area contributed by atoms with Crippen LogP contribution < -0.4 is 0 Å². The van der Waals surface area contributed by atoms with Gasteiger partial charge in [0.25, 0.3) is 0 Å². The van der Waals surface area contributed by atoms with Crippen molar-refractivity contribution < 1.29 is 14.3 Å². The summed E-state index contributed by atoms with van der Waals surface area (Å²) in [4.78, 5) is 15.1. The Morgan fingerprint density at radius 2 is 2.00 bits per heavy atom. The van der Waals surface area contributed by atoms with Crippen molar-refractivity contribution in [1.29, 1.82) is 0 Å². The van der Waals surface area contributed by atoms with Gasteiger partial charge in [0.1, 0.15) is 6.10 Å². The fourth-order valence-corrected chi connectivity index (χ4v) is 6.18. The molecule has 0 amide bonds. The number of carbonyl (C=O) groups is 1. The van der Waals surface area contributed by atoms with Crippen LogP contribution in [-0.4, -0.2) is 48.8 Å². The minimum absolute atomic E-state index is 0.0294. The molecule has 2 saturated carbocycles. The van der Waals surface area contributed by atoms with E-state index in [0.29, 0.717) is 11.8 Å². The summed E-state index contributed by atoms with van der Waals surface area (Å²) in [5, 5.41) is 0. The Hall–Kier alpha value is -0.870. The zero-order chi connectivity index (χ0) is 17.8. The molecule has 2 heterocycles. The quantitative estimate of drug-likeness (QED) is 0.567. The van der Waals surface area contributed by atoms with Crippen LogP contribution in [0.3, 0.4) is 0 Å². The monoisotopic (exact) mass is 347 g/mol. The molecule has 0 radical (unpaired) electrons. The van der Waals surface area contributed by atoms with Crippen molar-refractivity contribution in [2.24, 2.45) is 23.2 Å². The summed E-state index contributed by atoms with van der Waals surface area (Å²) in [7, 11) is 0. The normalized spacial score (nSPS) is 48.0. The van der Waals surface area contributed by atoms with Crippen LogP contribution in [-0.2, 0) is 14.3 Å². The van der Waals surface area contributed by atoms with Crippen molar-refractivity contribution in [3.8, 4) is 0 Å². The third-order valence-corrected chi connectivity index (χ3v) is 7.27. The summed E-state index contributed by atoms with van der Waals surface area (Å²) in [6.45, 7) is 13.7. The molecule has 25 heavy (non-hydrogen) atoms. The van der Waals surface area contributed by atoms with Crippen molar-refractivity contribution in [3.05, 3.63) is 12.2 Å². The van der Waals surface area contributed by atoms with E-state index in [1.54, 1.807) is 0 Å². The Labute approximate surface area is 151 Å². The molecular formula is C21H33NO3. The Bertz CT molecular complexity index is 551. The van der Waals surface area contributed by atoms with Crippen LogP contribution in [0.2, 0.25) is 0 Å². The highest BCUT2D eigenvalue weighted by Gasteiger charge is 2.55. The molecule has 4 fully saturated rings. The number of fused-ring (bicyclic) bond motifs is 2. The lowest BCUT2D eigenvalue weighted by molar-refractivity contribution is -0.147. The molecule has 2 aliphatic heterocycles. The van der Waals surface area contributed by atoms with Gasteiger partial charge in [0, 0.05) is 25.6 Å². The van der Waals surface area contributed by atoms with Crippen molar-refractivity contribution in [1.82, 2.24) is 4.90 Å². The molecule has 0 bridgehead atoms. The average molecular weight is 347 g/mol. The van der Waals surface area contributed by atoms with Gasteiger partial charge in [-0.2, -0.15) is 0 Å². The van der Waals surface area contributed by atoms with E-state index in [1.807, 2.05) is 0 Å². The van der Waals surface area contributed by atoms with E-state index < -0.39 is 0 Å². The van der Waals surface area contributed by atoms with Crippen LogP contribution in [0.1, 0.15) is 52.9 Å². The van der Waals surface area contributed by atoms with Crippen molar-refractivity contribution >= 4 is 5.97 Å². The lowest BCUT2D eigenvalue weighted by Gasteiger charge is -2.50. The second kappa shape index (κ2) is 6.38. The number of rotatable bonds is 2. The summed E-state index contributed by atoms with van der Waals surface area (Å²) in [5.74, 6) is 1.01. The highest BCUT2D eigenvalue weighted by Crippen LogP contribution is 2.56. The second-order valence-corrected chi connectivity index (χ2v) is 9.38. The molecule has 4 nitrogen and oxygen atoms in total. The molecule has 2 aliphatic carbocycles. The molecule has 0 aromatic rings. The number of hydrogen-bond acceptors (Lipinski definition) is 4. The molecule has 0 unspecified atom stereocenters. The molecule has 7 atom stereocenters. The minimum Gasteiger partial charge on any atom is -0.462 e. The highest BCUT2D eigenvalue weighted by atomic mass is 16.6. The minimum atomic E-state index is 0.0294. The highest BCUT2D eigenvalue weighted by molar-refractivity contribution is 5.75. The van der Waals surface area contributed by atoms with E-state index in [-0.39, 0.29) is 35.6 Å². The van der Waals surface area contributed by atoms with Gasteiger partial charge in [-0.1, -0.05) is 19.1 Å². The topological polar surface area (TPSA) is 38.8 Å². The Balaban J connectivity index is 1.49. The molecule has 0 aromatic carbocycles. The number of carbonyl (C=O) groups excluding carboxylic acids is 1. The van der Waals surface area contributed by atoms with Gasteiger partial charge < -0.3 is 9.47 Å². The summed E-state index contributed by atoms with van der Waals surface area (Å²) in [6.07, 6.45) is 6.38. The van der Waals surface area contributed by atoms with Gasteiger partial charge in [-0.25, -0.2) is 0 Å². The molecule has 2 saturated heterocycles. The first-order valence-electron chi connectivity index (χ1n) is 10.1. The largest absolute Gasteiger partial charge is 0.462 e. The van der Waals surface area contributed by atoms with Crippen molar-refractivity contribution in [2.45, 2.75) is 71.2 Å². The van der Waals surface area contributed by atoms with Gasteiger partial charge in [0.05, 0.1) is 18.1 Å². The third-order valence-electron chi connectivity index (χ3n) is 7.27. The van der Waals surface area contributed by atoms with E-state index in [0.717, 1.165) is 38.9 Å². The lowest BCUT2D eigenvalue weighted by Crippen LogP contribution is -2.49. The molecule has 140 valence electrons. The number of ether oxygens (including phenoxy) is 2. The fraction of sp³-hybridized carbons (Fsp3) is 0.857. The van der Waals surface area contributed by atoms with E-state index in [2.05, 4.69) is 32.3 Å². The summed E-state index contributed by atoms with van der Waals surface area (Å²) in [6, 6.07) is 0. The fourth-order valence-electron chi connectivity index (χ4n) is 6.18. The maximum Gasteiger partial charge on any atom is 0.310 e. The van der Waals surface area contributed by atoms with Gasteiger partial charge in [-0.3, -0.25) is 9.69 Å². The van der Waals surface area contributed by atoms with Gasteiger partial charge in [0.15, 0.2) is 0 Å². The first kappa shape index (κ1) is 17.5. The smallest absolute Gasteiger partial charge is 0.310 e. The molecule has 4 heteroatoms. The SMILES string of the molecule is C=C1CCC[C@@]2(C)C[C@@H]3OC(=O)[C@@H](CN4C[C@H](C)O[C@@H](C)C4)[C@H]3C[C@H]12. The maximum atomic E-state index is 12.7. The van der Waals surface area contributed by atoms with Crippen LogP contribution in [0.15, 0.2) is 12.2 Å². The zero-order valence-corrected chi connectivity index (χ0v) is 16.0. The van der Waals surface area contributed by atoms with E-state index in [1.165, 1.54) is 18.4 Å². The van der Waals surface area contributed by atoms with E-state index in [4.69, 9.17) is 9.47 Å². The standard InChI is InChI=1S/C21H33NO3/c1-13-6-5-7-21(4)9-19-16(8-18(13)21)17(20(23)25-19)12-22-10-14(2)24-15(3)11-22/h14-19H,1,5-12H2,2-4H3/t14-,15-,16+,17-,18+,19-,21-/m0/s1. The first-order valence-corrected chi connectivity index (χ1v) is 10.1. The summed E-state index contributed by atoms with van der Waals surface area (Å²) < 4.78 is 11.7. The Kier molecular flexibility index (Phi) is 4.48. The van der Waals surface area contributed by atoms with E-state index in [9.17, 15) is 4.79 Å². The summed E-state index contributed by atoms with van der Waals surface area (Å²) in [5.41, 5.74) is 1.70. The average Bonchev–Trinajstić information content (AvgIpc) is 2.79. The van der Waals surface area contributed by atoms with Crippen LogP contribution in [0, 0.1) is 23.2 Å². The van der Waals surface area contributed by atoms with Crippen LogP contribution in [0.4, 0.5) is 0 Å². The van der Waals surface area contributed by atoms with Crippen molar-refractivity contribution in [3.63, 3.8) is 0 Å². The molecule has 4 rings (SSSR count). The van der Waals surface area contributed by atoms with Gasteiger partial charge >= 0.3 is 5.97 Å². The van der Waals surface area contributed by atoms with Gasteiger partial charge in [-0.05, 0) is 57.3 Å². The molecule has 0 N–H and O–H groups in total.